The number of carbonyl (C=O) groups excluding carboxylic acids is 2. The molecule has 0 saturated heterocycles. The van der Waals surface area contributed by atoms with Crippen LogP contribution in [0.2, 0.25) is 5.02 Å². The monoisotopic (exact) mass is 481 g/mol. The Labute approximate surface area is 198 Å². The Hall–Kier alpha value is -3.49. The Morgan fingerprint density at radius 1 is 1.15 bits per heavy atom. The summed E-state index contributed by atoms with van der Waals surface area (Å²) in [5.74, 6) is -0.995. The van der Waals surface area contributed by atoms with Gasteiger partial charge in [0.15, 0.2) is 0 Å². The third kappa shape index (κ3) is 4.67. The van der Waals surface area contributed by atoms with Gasteiger partial charge in [0.05, 0.1) is 29.6 Å². The van der Waals surface area contributed by atoms with Crippen molar-refractivity contribution in [2.24, 2.45) is 0 Å². The van der Waals surface area contributed by atoms with Gasteiger partial charge in [0.1, 0.15) is 11.4 Å². The number of rotatable bonds is 6. The number of halogens is 1. The van der Waals surface area contributed by atoms with Gasteiger partial charge in [-0.2, -0.15) is 0 Å². The maximum absolute atomic E-state index is 13.3. The molecule has 168 valence electrons. The molecule has 4 aromatic rings. The summed E-state index contributed by atoms with van der Waals surface area (Å²) in [7, 11) is 0. The summed E-state index contributed by atoms with van der Waals surface area (Å²) in [5.41, 5.74) is 1.88. The predicted octanol–water partition coefficient (Wildman–Crippen LogP) is 4.90. The van der Waals surface area contributed by atoms with Crippen LogP contribution in [0.5, 0.6) is 0 Å². The molecule has 4 rings (SSSR count). The molecule has 2 aromatic heterocycles. The lowest BCUT2D eigenvalue weighted by atomic mass is 10.0. The number of ether oxygens (including phenoxy) is 1. The molecule has 0 unspecified atom stereocenters. The predicted molar refractivity (Wildman–Crippen MR) is 130 cm³/mol. The van der Waals surface area contributed by atoms with Crippen LogP contribution in [0.3, 0.4) is 0 Å². The Balaban J connectivity index is 1.65. The highest BCUT2D eigenvalue weighted by molar-refractivity contribution is 7.19. The maximum Gasteiger partial charge on any atom is 0.340 e. The van der Waals surface area contributed by atoms with E-state index in [1.54, 1.807) is 43.3 Å². The first kappa shape index (κ1) is 22.7. The van der Waals surface area contributed by atoms with Crippen molar-refractivity contribution in [2.45, 2.75) is 20.4 Å². The third-order valence-corrected chi connectivity index (χ3v) is 6.26. The molecule has 0 spiro atoms. The number of thiophene rings is 1. The van der Waals surface area contributed by atoms with Crippen molar-refractivity contribution >= 4 is 50.7 Å². The molecule has 2 aromatic carbocycles. The molecule has 0 atom stereocenters. The first-order chi connectivity index (χ1) is 15.9. The topological polar surface area (TPSA) is 90.3 Å². The Morgan fingerprint density at radius 3 is 2.61 bits per heavy atom. The van der Waals surface area contributed by atoms with E-state index in [0.717, 1.165) is 16.0 Å². The van der Waals surface area contributed by atoms with Crippen molar-refractivity contribution in [3.05, 3.63) is 80.7 Å². The van der Waals surface area contributed by atoms with Crippen LogP contribution in [0.1, 0.15) is 22.2 Å². The molecule has 0 saturated carbocycles. The molecule has 2 heterocycles. The highest BCUT2D eigenvalue weighted by atomic mass is 35.5. The van der Waals surface area contributed by atoms with Crippen LogP contribution in [-0.2, 0) is 16.1 Å². The van der Waals surface area contributed by atoms with Crippen molar-refractivity contribution in [1.29, 1.82) is 0 Å². The van der Waals surface area contributed by atoms with Crippen molar-refractivity contribution in [3.8, 4) is 11.1 Å². The van der Waals surface area contributed by atoms with Gasteiger partial charge in [0, 0.05) is 15.5 Å². The van der Waals surface area contributed by atoms with Gasteiger partial charge < -0.3 is 10.1 Å². The zero-order chi connectivity index (χ0) is 23.5. The molecular formula is C24H20ClN3O4S. The summed E-state index contributed by atoms with van der Waals surface area (Å²) in [6.45, 7) is 3.60. The zero-order valence-corrected chi connectivity index (χ0v) is 19.5. The third-order valence-electron chi connectivity index (χ3n) is 5.00. The first-order valence-electron chi connectivity index (χ1n) is 10.2. The summed E-state index contributed by atoms with van der Waals surface area (Å²) in [6, 6.07) is 13.8. The number of hydrogen-bond donors (Lipinski definition) is 1. The summed E-state index contributed by atoms with van der Waals surface area (Å²) in [5, 5.41) is 3.76. The number of anilines is 1. The SMILES string of the molecule is CCOC(=O)c1ccccc1NC(=O)Cn1cnc2sc(C)c(-c3ccc(Cl)cc3)c2c1=O. The molecule has 0 bridgehead atoms. The number of aryl methyl sites for hydroxylation is 1. The largest absolute Gasteiger partial charge is 0.462 e. The summed E-state index contributed by atoms with van der Waals surface area (Å²) in [6.07, 6.45) is 1.36. The van der Waals surface area contributed by atoms with Crippen molar-refractivity contribution < 1.29 is 14.3 Å². The van der Waals surface area contributed by atoms with Gasteiger partial charge in [0.25, 0.3) is 5.56 Å². The second kappa shape index (κ2) is 9.56. The summed E-state index contributed by atoms with van der Waals surface area (Å²) < 4.78 is 6.30. The number of esters is 1. The van der Waals surface area contributed by atoms with Crippen LogP contribution in [0.25, 0.3) is 21.3 Å². The van der Waals surface area contributed by atoms with E-state index in [2.05, 4.69) is 10.3 Å². The lowest BCUT2D eigenvalue weighted by Gasteiger charge is -2.11. The van der Waals surface area contributed by atoms with Gasteiger partial charge >= 0.3 is 5.97 Å². The van der Waals surface area contributed by atoms with Crippen LogP contribution in [-0.4, -0.2) is 28.0 Å². The number of carbonyl (C=O) groups is 2. The van der Waals surface area contributed by atoms with E-state index in [1.165, 1.54) is 22.2 Å². The van der Waals surface area contributed by atoms with Crippen LogP contribution < -0.4 is 10.9 Å². The van der Waals surface area contributed by atoms with E-state index in [9.17, 15) is 14.4 Å². The average molecular weight is 482 g/mol. The highest BCUT2D eigenvalue weighted by Crippen LogP contribution is 2.35. The molecule has 7 nitrogen and oxygen atoms in total. The minimum absolute atomic E-state index is 0.220. The van der Waals surface area contributed by atoms with Crippen LogP contribution in [0.15, 0.2) is 59.7 Å². The lowest BCUT2D eigenvalue weighted by Crippen LogP contribution is -2.28. The molecule has 0 fully saturated rings. The van der Waals surface area contributed by atoms with E-state index >= 15 is 0 Å². The van der Waals surface area contributed by atoms with Crippen molar-refractivity contribution in [1.82, 2.24) is 9.55 Å². The second-order valence-electron chi connectivity index (χ2n) is 7.21. The summed E-state index contributed by atoms with van der Waals surface area (Å²) in [4.78, 5) is 44.1. The number of nitrogens with zero attached hydrogens (tertiary/aromatic N) is 2. The number of aromatic nitrogens is 2. The Morgan fingerprint density at radius 2 is 1.88 bits per heavy atom. The molecule has 1 amide bonds. The smallest absolute Gasteiger partial charge is 0.340 e. The fourth-order valence-corrected chi connectivity index (χ4v) is 4.67. The van der Waals surface area contributed by atoms with Crippen LogP contribution in [0.4, 0.5) is 5.69 Å². The van der Waals surface area contributed by atoms with E-state index in [-0.39, 0.29) is 24.3 Å². The fraction of sp³-hybridized carbons (Fsp3) is 0.167. The second-order valence-corrected chi connectivity index (χ2v) is 8.85. The van der Waals surface area contributed by atoms with Gasteiger partial charge in [-0.3, -0.25) is 14.2 Å². The van der Waals surface area contributed by atoms with Crippen LogP contribution >= 0.6 is 22.9 Å². The Bertz CT molecular complexity index is 1410. The molecular weight excluding hydrogens is 462 g/mol. The average Bonchev–Trinajstić information content (AvgIpc) is 3.13. The van der Waals surface area contributed by atoms with Gasteiger partial charge in [-0.1, -0.05) is 35.9 Å². The van der Waals surface area contributed by atoms with Gasteiger partial charge in [-0.25, -0.2) is 9.78 Å². The number of fused-ring (bicyclic) bond motifs is 1. The Kier molecular flexibility index (Phi) is 6.57. The minimum atomic E-state index is -0.532. The fourth-order valence-electron chi connectivity index (χ4n) is 3.54. The molecule has 33 heavy (non-hydrogen) atoms. The standard InChI is InChI=1S/C24H20ClN3O4S/c1-3-32-24(31)17-6-4-5-7-18(17)27-19(29)12-28-13-26-22-21(23(28)30)20(14(2)33-22)15-8-10-16(25)11-9-15/h4-11,13H,3,12H2,1-2H3,(H,27,29). The van der Waals surface area contributed by atoms with Crippen molar-refractivity contribution in [3.63, 3.8) is 0 Å². The number of benzene rings is 2. The molecule has 0 aliphatic carbocycles. The number of amides is 1. The lowest BCUT2D eigenvalue weighted by molar-refractivity contribution is -0.116. The summed E-state index contributed by atoms with van der Waals surface area (Å²) >= 11 is 7.43. The first-order valence-corrected chi connectivity index (χ1v) is 11.4. The van der Waals surface area contributed by atoms with E-state index in [1.807, 2.05) is 19.1 Å². The zero-order valence-electron chi connectivity index (χ0n) is 17.9. The van der Waals surface area contributed by atoms with E-state index in [0.29, 0.717) is 20.9 Å². The number of nitrogens with one attached hydrogen (secondary N) is 1. The van der Waals surface area contributed by atoms with E-state index in [4.69, 9.17) is 16.3 Å². The quantitative estimate of drug-likeness (QED) is 0.395. The van der Waals surface area contributed by atoms with Gasteiger partial charge in [-0.15, -0.1) is 11.3 Å². The number of para-hydroxylation sites is 1. The van der Waals surface area contributed by atoms with Gasteiger partial charge in [-0.05, 0) is 43.7 Å². The molecule has 0 aliphatic heterocycles. The number of hydrogen-bond acceptors (Lipinski definition) is 6. The van der Waals surface area contributed by atoms with Gasteiger partial charge in [0.2, 0.25) is 5.91 Å². The highest BCUT2D eigenvalue weighted by Gasteiger charge is 2.19. The molecule has 0 aliphatic rings. The maximum atomic E-state index is 13.3. The molecule has 0 radical (unpaired) electrons. The van der Waals surface area contributed by atoms with Crippen LogP contribution in [0, 0.1) is 6.92 Å². The normalized spacial score (nSPS) is 10.9. The minimum Gasteiger partial charge on any atom is -0.462 e. The van der Waals surface area contributed by atoms with E-state index < -0.39 is 11.9 Å². The van der Waals surface area contributed by atoms with Crippen molar-refractivity contribution in [2.75, 3.05) is 11.9 Å². The molecule has 1 N–H and O–H groups in total. The molecule has 9 heteroatoms.